The van der Waals surface area contributed by atoms with Gasteiger partial charge in [-0.05, 0) is 6.92 Å². The average Bonchev–Trinajstić information content (AvgIpc) is 2.51. The first-order valence-electron chi connectivity index (χ1n) is 5.04. The third-order valence-corrected chi connectivity index (χ3v) is 3.16. The second-order valence-electron chi connectivity index (χ2n) is 3.96. The normalized spacial score (nSPS) is 32.9. The van der Waals surface area contributed by atoms with Crippen molar-refractivity contribution in [3.8, 4) is 0 Å². The molecular weight excluding hydrogens is 247 g/mol. The van der Waals surface area contributed by atoms with Crippen molar-refractivity contribution in [3.05, 3.63) is 27.0 Å². The molecule has 1 aliphatic heterocycles. The molecule has 0 bridgehead atoms. The molecule has 1 saturated heterocycles. The second-order valence-corrected chi connectivity index (χ2v) is 4.59. The van der Waals surface area contributed by atoms with Crippen molar-refractivity contribution in [2.24, 2.45) is 0 Å². The quantitative estimate of drug-likeness (QED) is 0.491. The Bertz CT molecular complexity index is 539. The lowest BCUT2D eigenvalue weighted by molar-refractivity contribution is -0.0349. The molecule has 0 saturated carbocycles. The Morgan fingerprint density at radius 3 is 2.59 bits per heavy atom. The summed E-state index contributed by atoms with van der Waals surface area (Å²) in [5.41, 5.74) is -1.20. The summed E-state index contributed by atoms with van der Waals surface area (Å²) >= 11 is 0. The minimum Gasteiger partial charge on any atom is -0.388 e. The predicted molar refractivity (Wildman–Crippen MR) is 62.3 cm³/mol. The smallest absolute Gasteiger partial charge is 0.330 e. The summed E-state index contributed by atoms with van der Waals surface area (Å²) in [6.45, 7) is 1.59. The van der Waals surface area contributed by atoms with E-state index in [1.165, 1.54) is 6.20 Å². The van der Waals surface area contributed by atoms with Crippen LogP contribution in [0.15, 0.2) is 15.8 Å². The van der Waals surface area contributed by atoms with E-state index in [1.807, 2.05) is 0 Å². The number of aliphatic hydroxyl groups is 2. The van der Waals surface area contributed by atoms with Crippen LogP contribution in [0, 0.1) is 0 Å². The van der Waals surface area contributed by atoms with E-state index >= 15 is 0 Å². The number of rotatable bonds is 1. The lowest BCUT2D eigenvalue weighted by atomic mass is 10.1. The maximum Gasteiger partial charge on any atom is 0.330 e. The third kappa shape index (κ3) is 2.07. The highest BCUT2D eigenvalue weighted by molar-refractivity contribution is 7.27. The van der Waals surface area contributed by atoms with Crippen molar-refractivity contribution >= 4 is 14.5 Å². The summed E-state index contributed by atoms with van der Waals surface area (Å²) in [5.74, 6) is 0. The third-order valence-electron chi connectivity index (χ3n) is 2.75. The standard InChI is InChI=1S/C9H13N2O5P/c1-3-5(12)6(13)8(16-3)11-2-4(17)7(14)10-9(11)15/h2-3,5-6,8,12-13H,17H2,1H3,(H,10,14,15). The van der Waals surface area contributed by atoms with Gasteiger partial charge in [0.05, 0.1) is 11.4 Å². The van der Waals surface area contributed by atoms with E-state index in [9.17, 15) is 19.8 Å². The molecule has 3 N–H and O–H groups in total. The van der Waals surface area contributed by atoms with Crippen LogP contribution in [0.1, 0.15) is 13.2 Å². The summed E-state index contributed by atoms with van der Waals surface area (Å²) in [6.07, 6.45) is -2.58. The Kier molecular flexibility index (Phi) is 3.18. The summed E-state index contributed by atoms with van der Waals surface area (Å²) in [4.78, 5) is 24.8. The van der Waals surface area contributed by atoms with Crippen LogP contribution in [0.4, 0.5) is 0 Å². The van der Waals surface area contributed by atoms with Crippen LogP contribution in [-0.2, 0) is 4.74 Å². The fourth-order valence-electron chi connectivity index (χ4n) is 1.75. The molecule has 8 heteroatoms. The van der Waals surface area contributed by atoms with Crippen molar-refractivity contribution in [1.82, 2.24) is 9.55 Å². The zero-order chi connectivity index (χ0) is 12.7. The Morgan fingerprint density at radius 2 is 2.06 bits per heavy atom. The molecule has 2 heterocycles. The molecule has 7 nitrogen and oxygen atoms in total. The molecule has 1 aromatic heterocycles. The number of aromatic amines is 1. The van der Waals surface area contributed by atoms with Crippen LogP contribution in [0.3, 0.4) is 0 Å². The van der Waals surface area contributed by atoms with Gasteiger partial charge in [0, 0.05) is 6.20 Å². The van der Waals surface area contributed by atoms with E-state index in [2.05, 4.69) is 14.2 Å². The molecular formula is C9H13N2O5P. The molecule has 0 aliphatic carbocycles. The Morgan fingerprint density at radius 1 is 1.41 bits per heavy atom. The largest absolute Gasteiger partial charge is 0.388 e. The Balaban J connectivity index is 2.46. The van der Waals surface area contributed by atoms with Crippen molar-refractivity contribution < 1.29 is 14.9 Å². The minimum absolute atomic E-state index is 0.245. The molecule has 17 heavy (non-hydrogen) atoms. The molecule has 1 aromatic rings. The first-order valence-corrected chi connectivity index (χ1v) is 5.62. The van der Waals surface area contributed by atoms with Crippen molar-refractivity contribution in [2.45, 2.75) is 31.5 Å². The van der Waals surface area contributed by atoms with Gasteiger partial charge >= 0.3 is 5.69 Å². The van der Waals surface area contributed by atoms with E-state index in [-0.39, 0.29) is 5.30 Å². The van der Waals surface area contributed by atoms with Crippen molar-refractivity contribution in [3.63, 3.8) is 0 Å². The number of ether oxygens (including phenoxy) is 1. The van der Waals surface area contributed by atoms with Gasteiger partial charge in [-0.15, -0.1) is 0 Å². The number of aliphatic hydroxyl groups excluding tert-OH is 2. The topological polar surface area (TPSA) is 105 Å². The van der Waals surface area contributed by atoms with Gasteiger partial charge in [0.2, 0.25) is 0 Å². The van der Waals surface area contributed by atoms with Gasteiger partial charge in [-0.3, -0.25) is 14.3 Å². The SMILES string of the molecule is CC1OC(n2cc(P)c(=O)[nH]c2=O)C(O)C1O. The van der Waals surface area contributed by atoms with Gasteiger partial charge < -0.3 is 14.9 Å². The minimum atomic E-state index is -1.21. The van der Waals surface area contributed by atoms with Gasteiger partial charge in [0.25, 0.3) is 5.56 Å². The van der Waals surface area contributed by atoms with Crippen LogP contribution in [0.25, 0.3) is 0 Å². The Labute approximate surface area is 98.3 Å². The second kappa shape index (κ2) is 4.34. The van der Waals surface area contributed by atoms with Crippen LogP contribution in [-0.4, -0.2) is 38.1 Å². The molecule has 5 atom stereocenters. The molecule has 1 fully saturated rings. The van der Waals surface area contributed by atoms with Gasteiger partial charge in [-0.2, -0.15) is 0 Å². The molecule has 2 rings (SSSR count). The van der Waals surface area contributed by atoms with E-state index < -0.39 is 35.8 Å². The monoisotopic (exact) mass is 260 g/mol. The van der Waals surface area contributed by atoms with Crippen LogP contribution in [0.2, 0.25) is 0 Å². The number of nitrogens with one attached hydrogen (secondary N) is 1. The van der Waals surface area contributed by atoms with E-state index in [1.54, 1.807) is 6.92 Å². The van der Waals surface area contributed by atoms with Gasteiger partial charge in [-0.1, -0.05) is 9.24 Å². The number of hydrogen-bond acceptors (Lipinski definition) is 5. The molecule has 0 aromatic carbocycles. The zero-order valence-electron chi connectivity index (χ0n) is 9.03. The number of H-pyrrole nitrogens is 1. The zero-order valence-corrected chi connectivity index (χ0v) is 10.2. The average molecular weight is 260 g/mol. The highest BCUT2D eigenvalue weighted by Gasteiger charge is 2.41. The van der Waals surface area contributed by atoms with Crippen molar-refractivity contribution in [1.29, 1.82) is 0 Å². The highest BCUT2D eigenvalue weighted by atomic mass is 31.0. The fourth-order valence-corrected chi connectivity index (χ4v) is 1.98. The van der Waals surface area contributed by atoms with E-state index in [0.717, 1.165) is 4.57 Å². The Hall–Kier alpha value is -1.01. The van der Waals surface area contributed by atoms with Crippen LogP contribution < -0.4 is 16.6 Å². The lowest BCUT2D eigenvalue weighted by Crippen LogP contribution is -2.41. The van der Waals surface area contributed by atoms with Gasteiger partial charge in [0.1, 0.15) is 12.2 Å². The summed E-state index contributed by atoms with van der Waals surface area (Å²) < 4.78 is 6.34. The van der Waals surface area contributed by atoms with Crippen molar-refractivity contribution in [2.75, 3.05) is 0 Å². The maximum atomic E-state index is 11.6. The first kappa shape index (κ1) is 12.4. The maximum absolute atomic E-state index is 11.6. The van der Waals surface area contributed by atoms with Crippen LogP contribution >= 0.6 is 9.24 Å². The summed E-state index contributed by atoms with van der Waals surface area (Å²) in [7, 11) is 2.18. The van der Waals surface area contributed by atoms with Gasteiger partial charge in [0.15, 0.2) is 6.23 Å². The molecule has 1 aliphatic rings. The number of hydrogen-bond donors (Lipinski definition) is 3. The molecule has 0 spiro atoms. The summed E-state index contributed by atoms with van der Waals surface area (Å²) in [5, 5.41) is 19.5. The fraction of sp³-hybridized carbons (Fsp3) is 0.556. The molecule has 0 amide bonds. The lowest BCUT2D eigenvalue weighted by Gasteiger charge is -2.17. The molecule has 5 unspecified atom stereocenters. The van der Waals surface area contributed by atoms with Gasteiger partial charge in [-0.25, -0.2) is 4.79 Å². The number of nitrogens with zero attached hydrogens (tertiary/aromatic N) is 1. The van der Waals surface area contributed by atoms with E-state index in [0.29, 0.717) is 0 Å². The molecule has 94 valence electrons. The number of aromatic nitrogens is 2. The van der Waals surface area contributed by atoms with E-state index in [4.69, 9.17) is 4.74 Å². The summed E-state index contributed by atoms with van der Waals surface area (Å²) in [6, 6.07) is 0. The first-order chi connectivity index (χ1) is 7.91. The van der Waals surface area contributed by atoms with Crippen LogP contribution in [0.5, 0.6) is 0 Å². The molecule has 0 radical (unpaired) electrons. The highest BCUT2D eigenvalue weighted by Crippen LogP contribution is 2.27. The predicted octanol–water partition coefficient (Wildman–Crippen LogP) is -2.32.